The standard InChI is InChI=1S/C20H32N6O/c1-19(2,3)15-13-16(26(24-15)20(4,5)6)23-18(27)25-12-8-7-9-14(25)17-21-10-11-22-17/h10-11,13-14H,7-9,12H2,1-6H3,(H,21,22)(H,23,27). The van der Waals surface area contributed by atoms with Gasteiger partial charge in [-0.3, -0.25) is 5.32 Å². The van der Waals surface area contributed by atoms with Gasteiger partial charge < -0.3 is 9.88 Å². The largest absolute Gasteiger partial charge is 0.347 e. The Morgan fingerprint density at radius 2 is 1.96 bits per heavy atom. The third kappa shape index (κ3) is 4.17. The fraction of sp³-hybridized carbons (Fsp3) is 0.650. The predicted molar refractivity (Wildman–Crippen MR) is 107 cm³/mol. The lowest BCUT2D eigenvalue weighted by Crippen LogP contribution is -2.42. The fourth-order valence-corrected chi connectivity index (χ4v) is 3.45. The monoisotopic (exact) mass is 372 g/mol. The van der Waals surface area contributed by atoms with E-state index < -0.39 is 0 Å². The second-order valence-electron chi connectivity index (χ2n) is 9.36. The molecule has 1 saturated heterocycles. The molecule has 0 bridgehead atoms. The Kier molecular flexibility index (Phi) is 5.06. The van der Waals surface area contributed by atoms with Gasteiger partial charge in [-0.05, 0) is 40.0 Å². The van der Waals surface area contributed by atoms with Crippen molar-refractivity contribution in [3.8, 4) is 0 Å². The van der Waals surface area contributed by atoms with E-state index >= 15 is 0 Å². The second-order valence-corrected chi connectivity index (χ2v) is 9.36. The molecule has 2 aromatic heterocycles. The van der Waals surface area contributed by atoms with Crippen LogP contribution in [0.3, 0.4) is 0 Å². The number of nitrogens with zero attached hydrogens (tertiary/aromatic N) is 4. The highest BCUT2D eigenvalue weighted by Gasteiger charge is 2.32. The van der Waals surface area contributed by atoms with Crippen molar-refractivity contribution in [3.05, 3.63) is 30.0 Å². The molecule has 0 aliphatic carbocycles. The molecule has 1 aliphatic heterocycles. The summed E-state index contributed by atoms with van der Waals surface area (Å²) in [6.07, 6.45) is 6.58. The topological polar surface area (TPSA) is 78.8 Å². The SMILES string of the molecule is CC(C)(C)c1cc(NC(=O)N2CCCCC2c2ncc[nH]2)n(C(C)(C)C)n1. The lowest BCUT2D eigenvalue weighted by molar-refractivity contribution is 0.159. The maximum atomic E-state index is 13.1. The number of nitrogens with one attached hydrogen (secondary N) is 2. The van der Waals surface area contributed by atoms with Gasteiger partial charge in [0.1, 0.15) is 11.6 Å². The summed E-state index contributed by atoms with van der Waals surface area (Å²) in [4.78, 5) is 22.6. The summed E-state index contributed by atoms with van der Waals surface area (Å²) in [5.74, 6) is 1.59. The van der Waals surface area contributed by atoms with Gasteiger partial charge in [0.2, 0.25) is 0 Å². The van der Waals surface area contributed by atoms with Crippen LogP contribution in [0.15, 0.2) is 18.5 Å². The van der Waals surface area contributed by atoms with E-state index in [-0.39, 0.29) is 23.0 Å². The van der Waals surface area contributed by atoms with E-state index in [1.807, 2.05) is 21.8 Å². The van der Waals surface area contributed by atoms with Crippen molar-refractivity contribution in [2.45, 2.75) is 77.8 Å². The van der Waals surface area contributed by atoms with Crippen LogP contribution in [-0.2, 0) is 11.0 Å². The average molecular weight is 373 g/mol. The smallest absolute Gasteiger partial charge is 0.323 e. The van der Waals surface area contributed by atoms with Crippen LogP contribution in [0.2, 0.25) is 0 Å². The fourth-order valence-electron chi connectivity index (χ4n) is 3.45. The molecular weight excluding hydrogens is 340 g/mol. The minimum absolute atomic E-state index is 0.0122. The van der Waals surface area contributed by atoms with Crippen LogP contribution in [0.25, 0.3) is 0 Å². The van der Waals surface area contributed by atoms with Gasteiger partial charge in [0.25, 0.3) is 0 Å². The highest BCUT2D eigenvalue weighted by molar-refractivity contribution is 5.89. The number of carbonyl (C=O) groups is 1. The van der Waals surface area contributed by atoms with Crippen molar-refractivity contribution in [1.82, 2.24) is 24.6 Å². The number of aromatic nitrogens is 4. The molecule has 1 aliphatic rings. The van der Waals surface area contributed by atoms with Gasteiger partial charge in [0.15, 0.2) is 0 Å². The summed E-state index contributed by atoms with van der Waals surface area (Å²) in [6, 6.07) is 1.89. The van der Waals surface area contributed by atoms with Crippen LogP contribution < -0.4 is 5.32 Å². The molecule has 7 heteroatoms. The molecule has 0 aromatic carbocycles. The zero-order valence-corrected chi connectivity index (χ0v) is 17.3. The molecule has 0 radical (unpaired) electrons. The summed E-state index contributed by atoms with van der Waals surface area (Å²) < 4.78 is 1.91. The van der Waals surface area contributed by atoms with E-state index in [0.717, 1.165) is 43.1 Å². The number of likely N-dealkylation sites (tertiary alicyclic amines) is 1. The minimum Gasteiger partial charge on any atom is -0.347 e. The predicted octanol–water partition coefficient (Wildman–Crippen LogP) is 4.42. The highest BCUT2D eigenvalue weighted by Crippen LogP contribution is 2.31. The molecular formula is C20H32N6O. The number of urea groups is 1. The first-order valence-corrected chi connectivity index (χ1v) is 9.75. The van der Waals surface area contributed by atoms with Crippen LogP contribution in [0.4, 0.5) is 10.6 Å². The lowest BCUT2D eigenvalue weighted by atomic mass is 9.92. The maximum Gasteiger partial charge on any atom is 0.323 e. The van der Waals surface area contributed by atoms with Gasteiger partial charge in [0, 0.05) is 30.4 Å². The molecule has 148 valence electrons. The molecule has 3 rings (SSSR count). The minimum atomic E-state index is -0.228. The summed E-state index contributed by atoms with van der Waals surface area (Å²) in [5, 5.41) is 7.90. The zero-order valence-electron chi connectivity index (χ0n) is 17.3. The Balaban J connectivity index is 1.87. The van der Waals surface area contributed by atoms with Crippen molar-refractivity contribution >= 4 is 11.8 Å². The van der Waals surface area contributed by atoms with Crippen LogP contribution >= 0.6 is 0 Å². The maximum absolute atomic E-state index is 13.1. The van der Waals surface area contributed by atoms with Crippen LogP contribution in [-0.4, -0.2) is 37.2 Å². The van der Waals surface area contributed by atoms with Crippen molar-refractivity contribution in [2.75, 3.05) is 11.9 Å². The number of anilines is 1. The number of hydrogen-bond acceptors (Lipinski definition) is 3. The van der Waals surface area contributed by atoms with Gasteiger partial charge in [0.05, 0.1) is 17.3 Å². The number of imidazole rings is 1. The van der Waals surface area contributed by atoms with E-state index in [1.54, 1.807) is 6.20 Å². The average Bonchev–Trinajstić information content (AvgIpc) is 3.23. The van der Waals surface area contributed by atoms with Gasteiger partial charge in [-0.2, -0.15) is 5.10 Å². The van der Waals surface area contributed by atoms with E-state index in [9.17, 15) is 4.79 Å². The summed E-state index contributed by atoms with van der Waals surface area (Å²) in [5.41, 5.74) is 0.653. The van der Waals surface area contributed by atoms with Crippen LogP contribution in [0, 0.1) is 0 Å². The molecule has 1 fully saturated rings. The van der Waals surface area contributed by atoms with Crippen LogP contribution in [0.5, 0.6) is 0 Å². The number of amides is 2. The third-order valence-corrected chi connectivity index (χ3v) is 4.95. The van der Waals surface area contributed by atoms with Gasteiger partial charge in [-0.25, -0.2) is 14.5 Å². The molecule has 27 heavy (non-hydrogen) atoms. The Morgan fingerprint density at radius 3 is 2.56 bits per heavy atom. The summed E-state index contributed by atoms with van der Waals surface area (Å²) in [6.45, 7) is 13.4. The first-order chi connectivity index (χ1) is 12.6. The molecule has 2 aromatic rings. The Hall–Kier alpha value is -2.31. The van der Waals surface area contributed by atoms with E-state index in [2.05, 4.69) is 56.8 Å². The molecule has 2 N–H and O–H groups in total. The van der Waals surface area contributed by atoms with E-state index in [1.165, 1.54) is 0 Å². The van der Waals surface area contributed by atoms with Gasteiger partial charge in [-0.15, -0.1) is 0 Å². The number of rotatable bonds is 2. The Bertz CT molecular complexity index is 778. The normalized spacial score (nSPS) is 18.6. The van der Waals surface area contributed by atoms with Gasteiger partial charge >= 0.3 is 6.03 Å². The summed E-state index contributed by atoms with van der Waals surface area (Å²) in [7, 11) is 0. The molecule has 1 atom stereocenters. The van der Waals surface area contributed by atoms with E-state index in [4.69, 9.17) is 5.10 Å². The van der Waals surface area contributed by atoms with Crippen molar-refractivity contribution in [2.24, 2.45) is 0 Å². The zero-order chi connectivity index (χ0) is 19.8. The Labute approximate surface area is 161 Å². The number of carbonyl (C=O) groups excluding carboxylic acids is 1. The number of H-pyrrole nitrogens is 1. The van der Waals surface area contributed by atoms with Crippen molar-refractivity contribution in [1.29, 1.82) is 0 Å². The Morgan fingerprint density at radius 1 is 1.22 bits per heavy atom. The first kappa shape index (κ1) is 19.5. The molecule has 1 unspecified atom stereocenters. The first-order valence-electron chi connectivity index (χ1n) is 9.75. The van der Waals surface area contributed by atoms with E-state index in [0.29, 0.717) is 0 Å². The molecule has 2 amide bonds. The highest BCUT2D eigenvalue weighted by atomic mass is 16.2. The van der Waals surface area contributed by atoms with Crippen molar-refractivity contribution < 1.29 is 4.79 Å². The van der Waals surface area contributed by atoms with Crippen molar-refractivity contribution in [3.63, 3.8) is 0 Å². The number of aromatic amines is 1. The number of hydrogen-bond donors (Lipinski definition) is 2. The second kappa shape index (κ2) is 7.02. The molecule has 3 heterocycles. The lowest BCUT2D eigenvalue weighted by Gasteiger charge is -2.34. The quantitative estimate of drug-likeness (QED) is 0.819. The third-order valence-electron chi connectivity index (χ3n) is 4.95. The van der Waals surface area contributed by atoms with Crippen LogP contribution in [0.1, 0.15) is 78.4 Å². The molecule has 7 nitrogen and oxygen atoms in total. The summed E-state index contributed by atoms with van der Waals surface area (Å²) >= 11 is 0. The van der Waals surface area contributed by atoms with Gasteiger partial charge in [-0.1, -0.05) is 20.8 Å². The molecule has 0 spiro atoms. The number of piperidine rings is 1. The molecule has 0 saturated carbocycles.